The number of halogens is 1. The van der Waals surface area contributed by atoms with Gasteiger partial charge in [0.1, 0.15) is 11.3 Å². The van der Waals surface area contributed by atoms with Gasteiger partial charge in [-0.1, -0.05) is 18.6 Å². The van der Waals surface area contributed by atoms with E-state index in [1.54, 1.807) is 25.3 Å². The van der Waals surface area contributed by atoms with Gasteiger partial charge in [-0.3, -0.25) is 9.69 Å². The largest absolute Gasteiger partial charge is 0.425 e. The lowest BCUT2D eigenvalue weighted by molar-refractivity contribution is 0.170. The predicted molar refractivity (Wildman–Crippen MR) is 118 cm³/mol. The van der Waals surface area contributed by atoms with Crippen molar-refractivity contribution < 1.29 is 9.60 Å². The third-order valence-corrected chi connectivity index (χ3v) is 6.23. The zero-order valence-corrected chi connectivity index (χ0v) is 17.5. The number of nitrogens with zero attached hydrogens (tertiary/aromatic N) is 4. The van der Waals surface area contributed by atoms with Crippen LogP contribution in [0.1, 0.15) is 36.1 Å². The molecule has 0 unspecified atom stereocenters. The number of aryl methyl sites for hydroxylation is 1. The molecular weight excluding hydrogens is 395 g/mol. The van der Waals surface area contributed by atoms with Crippen LogP contribution in [0.5, 0.6) is 0 Å². The number of aromatic nitrogens is 3. The van der Waals surface area contributed by atoms with Crippen LogP contribution in [0.4, 0.5) is 4.39 Å². The van der Waals surface area contributed by atoms with Crippen LogP contribution in [0.25, 0.3) is 21.8 Å². The van der Waals surface area contributed by atoms with Gasteiger partial charge in [-0.05, 0) is 62.2 Å². The topological polar surface area (TPSA) is 63.3 Å². The van der Waals surface area contributed by atoms with E-state index in [1.165, 1.54) is 31.4 Å². The van der Waals surface area contributed by atoms with Crippen molar-refractivity contribution in [3.63, 3.8) is 0 Å². The normalized spacial score (nSPS) is 15.2. The average Bonchev–Trinajstić information content (AvgIpc) is 3.12. The Bertz CT molecular complexity index is 1320. The minimum atomic E-state index is -0.507. The Balaban J connectivity index is 1.69. The Morgan fingerprint density at radius 1 is 1.10 bits per heavy atom. The monoisotopic (exact) mass is 420 g/mol. The first kappa shape index (κ1) is 19.8. The summed E-state index contributed by atoms with van der Waals surface area (Å²) in [5, 5.41) is 11.8. The fraction of sp³-hybridized carbons (Fsp3) is 0.333. The molecule has 1 aliphatic heterocycles. The predicted octanol–water partition coefficient (Wildman–Crippen LogP) is 4.07. The van der Waals surface area contributed by atoms with Crippen LogP contribution < -0.4 is 5.56 Å². The molecule has 6 nitrogen and oxygen atoms in total. The number of likely N-dealkylation sites (tertiary alicyclic amines) is 1. The van der Waals surface area contributed by atoms with E-state index in [-0.39, 0.29) is 11.3 Å². The molecule has 7 heteroatoms. The SMILES string of the molecule is Cc1cc2c(ncc3c2c(CN2CCCCC2)cn3Cc2ccc(F)cc2)c(=O)n1O. The van der Waals surface area contributed by atoms with Gasteiger partial charge in [0.15, 0.2) is 0 Å². The molecule has 1 aromatic carbocycles. The van der Waals surface area contributed by atoms with Gasteiger partial charge in [0.2, 0.25) is 0 Å². The number of rotatable bonds is 4. The van der Waals surface area contributed by atoms with E-state index >= 15 is 0 Å². The van der Waals surface area contributed by atoms with E-state index in [2.05, 4.69) is 20.6 Å². The first-order valence-electron chi connectivity index (χ1n) is 10.7. The lowest BCUT2D eigenvalue weighted by atomic mass is 10.1. The number of benzene rings is 1. The van der Waals surface area contributed by atoms with Crippen LogP contribution in [0, 0.1) is 12.7 Å². The summed E-state index contributed by atoms with van der Waals surface area (Å²) in [4.78, 5) is 19.5. The maximum absolute atomic E-state index is 13.4. The summed E-state index contributed by atoms with van der Waals surface area (Å²) in [6.45, 7) is 5.22. The highest BCUT2D eigenvalue weighted by atomic mass is 19.1. The molecule has 0 bridgehead atoms. The molecule has 4 heterocycles. The van der Waals surface area contributed by atoms with Crippen molar-refractivity contribution in [1.29, 1.82) is 0 Å². The van der Waals surface area contributed by atoms with Crippen molar-refractivity contribution >= 4 is 21.8 Å². The Labute approximate surface area is 179 Å². The summed E-state index contributed by atoms with van der Waals surface area (Å²) in [7, 11) is 0. The quantitative estimate of drug-likeness (QED) is 0.506. The highest BCUT2D eigenvalue weighted by Gasteiger charge is 2.19. The minimum absolute atomic E-state index is 0.254. The first-order chi connectivity index (χ1) is 15.0. The molecule has 0 radical (unpaired) electrons. The Morgan fingerprint density at radius 2 is 1.84 bits per heavy atom. The molecule has 0 saturated carbocycles. The average molecular weight is 420 g/mol. The van der Waals surface area contributed by atoms with Crippen LogP contribution in [-0.4, -0.2) is 37.5 Å². The number of pyridine rings is 2. The summed E-state index contributed by atoms with van der Waals surface area (Å²) in [5.41, 5.74) is 3.29. The molecule has 0 aliphatic carbocycles. The molecular formula is C24H25FN4O2. The summed E-state index contributed by atoms with van der Waals surface area (Å²) >= 11 is 0. The fourth-order valence-electron chi connectivity index (χ4n) is 4.63. The number of piperidine rings is 1. The maximum atomic E-state index is 13.4. The van der Waals surface area contributed by atoms with Gasteiger partial charge >= 0.3 is 5.56 Å². The smallest absolute Gasteiger partial charge is 0.309 e. The third-order valence-electron chi connectivity index (χ3n) is 6.23. The molecule has 5 rings (SSSR count). The molecule has 3 aromatic heterocycles. The van der Waals surface area contributed by atoms with Crippen LogP contribution in [0.15, 0.2) is 47.5 Å². The van der Waals surface area contributed by atoms with Crippen molar-refractivity contribution in [1.82, 2.24) is 19.2 Å². The zero-order valence-electron chi connectivity index (χ0n) is 17.5. The van der Waals surface area contributed by atoms with Crippen LogP contribution >= 0.6 is 0 Å². The van der Waals surface area contributed by atoms with Gasteiger partial charge in [0, 0.05) is 30.1 Å². The standard InChI is InChI=1S/C24H25FN4O2/c1-16-11-20-22-18(14-27-9-3-2-4-10-27)15-28(13-17-5-7-19(25)8-6-17)21(22)12-26-23(20)24(30)29(16)31/h5-8,11-12,15,31H,2-4,9-10,13-14H2,1H3. The van der Waals surface area contributed by atoms with Crippen molar-refractivity contribution in [3.05, 3.63) is 75.7 Å². The lowest BCUT2D eigenvalue weighted by Crippen LogP contribution is -2.29. The zero-order chi connectivity index (χ0) is 21.5. The molecule has 1 aliphatic rings. The van der Waals surface area contributed by atoms with Gasteiger partial charge in [0.25, 0.3) is 0 Å². The molecule has 1 saturated heterocycles. The van der Waals surface area contributed by atoms with E-state index in [0.29, 0.717) is 17.0 Å². The third kappa shape index (κ3) is 3.59. The second-order valence-electron chi connectivity index (χ2n) is 8.43. The lowest BCUT2D eigenvalue weighted by Gasteiger charge is -2.26. The van der Waals surface area contributed by atoms with Gasteiger partial charge in [-0.2, -0.15) is 4.73 Å². The Hall–Kier alpha value is -3.19. The van der Waals surface area contributed by atoms with Crippen molar-refractivity contribution in [2.24, 2.45) is 0 Å². The van der Waals surface area contributed by atoms with Crippen LogP contribution in [-0.2, 0) is 13.1 Å². The molecule has 160 valence electrons. The van der Waals surface area contributed by atoms with Crippen molar-refractivity contribution in [2.45, 2.75) is 39.3 Å². The van der Waals surface area contributed by atoms with Gasteiger partial charge in [-0.25, -0.2) is 9.37 Å². The van der Waals surface area contributed by atoms with Crippen molar-refractivity contribution in [2.75, 3.05) is 13.1 Å². The number of hydrogen-bond donors (Lipinski definition) is 1. The summed E-state index contributed by atoms with van der Waals surface area (Å²) in [5.74, 6) is -0.254. The van der Waals surface area contributed by atoms with E-state index in [1.807, 2.05) is 6.07 Å². The molecule has 4 aromatic rings. The minimum Gasteiger partial charge on any atom is -0.425 e. The molecule has 1 fully saturated rings. The van der Waals surface area contributed by atoms with E-state index < -0.39 is 5.56 Å². The second kappa shape index (κ2) is 7.81. The number of hydrogen-bond acceptors (Lipinski definition) is 4. The second-order valence-corrected chi connectivity index (χ2v) is 8.43. The Kier molecular flexibility index (Phi) is 4.98. The fourth-order valence-corrected chi connectivity index (χ4v) is 4.63. The maximum Gasteiger partial charge on any atom is 0.309 e. The van der Waals surface area contributed by atoms with Crippen LogP contribution in [0.2, 0.25) is 0 Å². The molecule has 0 spiro atoms. The summed E-state index contributed by atoms with van der Waals surface area (Å²) in [6, 6.07) is 8.34. The van der Waals surface area contributed by atoms with Gasteiger partial charge in [-0.15, -0.1) is 0 Å². The first-order valence-corrected chi connectivity index (χ1v) is 10.7. The van der Waals surface area contributed by atoms with E-state index in [9.17, 15) is 14.4 Å². The molecule has 1 N–H and O–H groups in total. The highest BCUT2D eigenvalue weighted by molar-refractivity contribution is 6.06. The summed E-state index contributed by atoms with van der Waals surface area (Å²) in [6.07, 6.45) is 7.50. The van der Waals surface area contributed by atoms with Gasteiger partial charge in [0.05, 0.1) is 17.4 Å². The number of fused-ring (bicyclic) bond motifs is 3. The van der Waals surface area contributed by atoms with E-state index in [4.69, 9.17) is 0 Å². The van der Waals surface area contributed by atoms with Gasteiger partial charge < -0.3 is 9.77 Å². The summed E-state index contributed by atoms with van der Waals surface area (Å²) < 4.78 is 16.1. The molecule has 0 amide bonds. The van der Waals surface area contributed by atoms with Crippen molar-refractivity contribution in [3.8, 4) is 0 Å². The molecule has 0 atom stereocenters. The highest BCUT2D eigenvalue weighted by Crippen LogP contribution is 2.30. The van der Waals surface area contributed by atoms with Crippen LogP contribution in [0.3, 0.4) is 0 Å². The molecule has 31 heavy (non-hydrogen) atoms. The Morgan fingerprint density at radius 3 is 2.58 bits per heavy atom. The van der Waals surface area contributed by atoms with E-state index in [0.717, 1.165) is 47.1 Å².